The summed E-state index contributed by atoms with van der Waals surface area (Å²) in [5.74, 6) is 1.77. The molecule has 0 radical (unpaired) electrons. The molecule has 4 rings (SSSR count). The van der Waals surface area contributed by atoms with Crippen molar-refractivity contribution in [2.24, 2.45) is 5.92 Å². The predicted molar refractivity (Wildman–Crippen MR) is 118 cm³/mol. The number of nitrogens with one attached hydrogen (secondary N) is 2. The number of ether oxygens (including phenoxy) is 1. The number of aromatic nitrogens is 2. The molecular formula is C21H28N4O2S2. The van der Waals surface area contributed by atoms with E-state index in [1.165, 1.54) is 43.9 Å². The second kappa shape index (κ2) is 9.80. The zero-order chi connectivity index (χ0) is 20.1. The molecule has 1 heterocycles. The van der Waals surface area contributed by atoms with Crippen LogP contribution in [0.15, 0.2) is 28.6 Å². The maximum absolute atomic E-state index is 12.6. The van der Waals surface area contributed by atoms with Gasteiger partial charge < -0.3 is 15.4 Å². The fraction of sp³-hybridized carbons (Fsp3) is 0.571. The van der Waals surface area contributed by atoms with Gasteiger partial charge in [0.05, 0.1) is 18.9 Å². The van der Waals surface area contributed by atoms with Crippen molar-refractivity contribution in [3.63, 3.8) is 0 Å². The highest BCUT2D eigenvalue weighted by atomic mass is 32.2. The summed E-state index contributed by atoms with van der Waals surface area (Å²) in [6.07, 6.45) is 8.65. The summed E-state index contributed by atoms with van der Waals surface area (Å²) >= 11 is 3.00. The molecule has 2 N–H and O–H groups in total. The van der Waals surface area contributed by atoms with Crippen LogP contribution in [0, 0.1) is 5.92 Å². The van der Waals surface area contributed by atoms with Crippen LogP contribution in [0.5, 0.6) is 5.75 Å². The first-order chi connectivity index (χ1) is 14.2. The van der Waals surface area contributed by atoms with Crippen LogP contribution in [0.25, 0.3) is 0 Å². The zero-order valence-corrected chi connectivity index (χ0v) is 18.4. The van der Waals surface area contributed by atoms with Gasteiger partial charge in [0.25, 0.3) is 0 Å². The van der Waals surface area contributed by atoms with Crippen LogP contribution in [0.4, 0.5) is 5.13 Å². The highest BCUT2D eigenvalue weighted by Gasteiger charge is 2.33. The molecule has 0 bridgehead atoms. The Balaban J connectivity index is 1.27. The normalized spacial score (nSPS) is 18.2. The molecule has 2 aliphatic rings. The first-order valence-corrected chi connectivity index (χ1v) is 12.2. The molecule has 0 aliphatic heterocycles. The molecule has 2 fully saturated rings. The maximum Gasteiger partial charge on any atom is 0.230 e. The van der Waals surface area contributed by atoms with Crippen molar-refractivity contribution in [1.82, 2.24) is 15.5 Å². The molecule has 8 heteroatoms. The van der Waals surface area contributed by atoms with Crippen LogP contribution >= 0.6 is 23.1 Å². The van der Waals surface area contributed by atoms with Crippen LogP contribution in [-0.2, 0) is 4.79 Å². The van der Waals surface area contributed by atoms with Crippen molar-refractivity contribution in [2.45, 2.75) is 61.4 Å². The van der Waals surface area contributed by atoms with E-state index in [9.17, 15) is 4.79 Å². The highest BCUT2D eigenvalue weighted by molar-refractivity contribution is 8.01. The Morgan fingerprint density at radius 1 is 1.17 bits per heavy atom. The van der Waals surface area contributed by atoms with Crippen LogP contribution in [0.1, 0.15) is 56.6 Å². The van der Waals surface area contributed by atoms with E-state index in [2.05, 4.69) is 20.8 Å². The molecule has 2 aromatic rings. The van der Waals surface area contributed by atoms with E-state index < -0.39 is 0 Å². The van der Waals surface area contributed by atoms with E-state index in [4.69, 9.17) is 4.74 Å². The number of amides is 1. The van der Waals surface area contributed by atoms with Gasteiger partial charge in [0, 0.05) is 6.04 Å². The van der Waals surface area contributed by atoms with E-state index in [1.807, 2.05) is 24.3 Å². The largest absolute Gasteiger partial charge is 0.497 e. The first kappa shape index (κ1) is 20.5. The van der Waals surface area contributed by atoms with Gasteiger partial charge in [0.2, 0.25) is 11.0 Å². The fourth-order valence-corrected chi connectivity index (χ4v) is 5.44. The van der Waals surface area contributed by atoms with Crippen molar-refractivity contribution in [2.75, 3.05) is 18.2 Å². The molecule has 0 spiro atoms. The summed E-state index contributed by atoms with van der Waals surface area (Å²) in [4.78, 5) is 12.6. The van der Waals surface area contributed by atoms with Crippen LogP contribution in [-0.4, -0.2) is 35.0 Å². The second-order valence-corrected chi connectivity index (χ2v) is 10.00. The van der Waals surface area contributed by atoms with E-state index in [-0.39, 0.29) is 11.9 Å². The Labute approximate surface area is 180 Å². The van der Waals surface area contributed by atoms with Gasteiger partial charge in [-0.15, -0.1) is 10.2 Å². The third-order valence-electron chi connectivity index (χ3n) is 5.55. The van der Waals surface area contributed by atoms with Crippen molar-refractivity contribution >= 4 is 34.1 Å². The van der Waals surface area contributed by atoms with Gasteiger partial charge >= 0.3 is 0 Å². The fourth-order valence-electron chi connectivity index (χ4n) is 3.80. The average molecular weight is 433 g/mol. The highest BCUT2D eigenvalue weighted by Crippen LogP contribution is 2.41. The Bertz CT molecular complexity index is 801. The summed E-state index contributed by atoms with van der Waals surface area (Å²) in [5.41, 5.74) is 1.14. The van der Waals surface area contributed by atoms with Crippen molar-refractivity contribution in [1.29, 1.82) is 0 Å². The van der Waals surface area contributed by atoms with Crippen molar-refractivity contribution in [3.8, 4) is 5.75 Å². The molecule has 156 valence electrons. The Kier molecular flexibility index (Phi) is 6.92. The lowest BCUT2D eigenvalue weighted by Gasteiger charge is -2.21. The van der Waals surface area contributed by atoms with Crippen LogP contribution < -0.4 is 15.4 Å². The van der Waals surface area contributed by atoms with Crippen LogP contribution in [0.2, 0.25) is 0 Å². The zero-order valence-electron chi connectivity index (χ0n) is 16.7. The van der Waals surface area contributed by atoms with E-state index in [1.54, 1.807) is 18.4 Å². The van der Waals surface area contributed by atoms with Gasteiger partial charge in [-0.2, -0.15) is 0 Å². The van der Waals surface area contributed by atoms with Gasteiger partial charge in [-0.3, -0.25) is 4.79 Å². The Hall–Kier alpha value is -1.80. The van der Waals surface area contributed by atoms with E-state index in [0.29, 0.717) is 17.7 Å². The first-order valence-electron chi connectivity index (χ1n) is 10.4. The number of benzene rings is 1. The average Bonchev–Trinajstić information content (AvgIpc) is 3.51. The Morgan fingerprint density at radius 2 is 1.93 bits per heavy atom. The monoisotopic (exact) mass is 432 g/mol. The summed E-state index contributed by atoms with van der Waals surface area (Å²) < 4.78 is 6.07. The molecule has 6 nitrogen and oxygen atoms in total. The molecule has 1 atom stereocenters. The van der Waals surface area contributed by atoms with Crippen LogP contribution in [0.3, 0.4) is 0 Å². The minimum atomic E-state index is 0.0414. The van der Waals surface area contributed by atoms with Gasteiger partial charge in [-0.05, 0) is 49.3 Å². The number of methoxy groups -OCH3 is 1. The third kappa shape index (κ3) is 5.85. The van der Waals surface area contributed by atoms with Gasteiger partial charge in [-0.25, -0.2) is 0 Å². The number of rotatable bonds is 9. The molecule has 1 aromatic heterocycles. The Morgan fingerprint density at radius 3 is 2.62 bits per heavy atom. The van der Waals surface area contributed by atoms with Gasteiger partial charge in [0.15, 0.2) is 4.34 Å². The molecule has 1 unspecified atom stereocenters. The summed E-state index contributed by atoms with van der Waals surface area (Å²) in [6, 6.07) is 8.59. The van der Waals surface area contributed by atoms with E-state index in [0.717, 1.165) is 33.6 Å². The number of hydrogen-bond donors (Lipinski definition) is 2. The number of carbonyl (C=O) groups is 1. The third-order valence-corrected chi connectivity index (χ3v) is 7.54. The lowest BCUT2D eigenvalue weighted by molar-refractivity contribution is -0.119. The second-order valence-electron chi connectivity index (χ2n) is 7.80. The molecule has 1 aromatic carbocycles. The number of carbonyl (C=O) groups excluding carboxylic acids is 1. The molecule has 0 saturated heterocycles. The minimum absolute atomic E-state index is 0.0414. The minimum Gasteiger partial charge on any atom is -0.497 e. The summed E-state index contributed by atoms with van der Waals surface area (Å²) in [5, 5.41) is 16.1. The lowest BCUT2D eigenvalue weighted by Crippen LogP contribution is -2.31. The SMILES string of the molecule is COc1ccc(C(NC(=O)CSc2nnc(NC3CCCCC3)s2)C2CC2)cc1. The molecular weight excluding hydrogens is 404 g/mol. The molecule has 2 aliphatic carbocycles. The topological polar surface area (TPSA) is 76.1 Å². The molecule has 29 heavy (non-hydrogen) atoms. The molecule has 1 amide bonds. The lowest BCUT2D eigenvalue weighted by atomic mass is 9.96. The summed E-state index contributed by atoms with van der Waals surface area (Å²) in [7, 11) is 1.66. The smallest absolute Gasteiger partial charge is 0.230 e. The standard InChI is InChI=1S/C21H28N4O2S2/c1-27-17-11-9-15(10-12-17)19(14-7-8-14)23-18(26)13-28-21-25-24-20(29-21)22-16-5-3-2-4-6-16/h9-12,14,16,19H,2-8,13H2,1H3,(H,22,24)(H,23,26). The predicted octanol–water partition coefficient (Wildman–Crippen LogP) is 4.65. The number of nitrogens with zero attached hydrogens (tertiary/aromatic N) is 2. The number of anilines is 1. The molecule has 2 saturated carbocycles. The van der Waals surface area contributed by atoms with E-state index >= 15 is 0 Å². The number of hydrogen-bond acceptors (Lipinski definition) is 7. The maximum atomic E-state index is 12.6. The summed E-state index contributed by atoms with van der Waals surface area (Å²) in [6.45, 7) is 0. The number of thioether (sulfide) groups is 1. The van der Waals surface area contributed by atoms with Gasteiger partial charge in [0.1, 0.15) is 5.75 Å². The quantitative estimate of drug-likeness (QED) is 0.562. The van der Waals surface area contributed by atoms with Crippen molar-refractivity contribution in [3.05, 3.63) is 29.8 Å². The van der Waals surface area contributed by atoms with Gasteiger partial charge in [-0.1, -0.05) is 54.5 Å². The van der Waals surface area contributed by atoms with Crippen molar-refractivity contribution < 1.29 is 9.53 Å².